The topological polar surface area (TPSA) is 102 Å². The van der Waals surface area contributed by atoms with Gasteiger partial charge >= 0.3 is 0 Å². The van der Waals surface area contributed by atoms with Crippen LogP contribution in [-0.4, -0.2) is 61.1 Å². The molecule has 0 saturated carbocycles. The zero-order valence-corrected chi connectivity index (χ0v) is 14.7. The molecule has 0 radical (unpaired) electrons. The fraction of sp³-hybridized carbons (Fsp3) is 0.278. The molecule has 0 unspecified atom stereocenters. The van der Waals surface area contributed by atoms with E-state index in [0.717, 1.165) is 48.1 Å². The Morgan fingerprint density at radius 2 is 2.07 bits per heavy atom. The van der Waals surface area contributed by atoms with Gasteiger partial charge in [-0.25, -0.2) is 9.97 Å². The molecule has 0 amide bonds. The lowest BCUT2D eigenvalue weighted by Gasteiger charge is -2.39. The molecule has 0 bridgehead atoms. The van der Waals surface area contributed by atoms with Crippen LogP contribution in [0.15, 0.2) is 36.8 Å². The smallest absolute Gasteiger partial charge is 0.180 e. The molecule has 1 fully saturated rings. The second kappa shape index (κ2) is 6.03. The van der Waals surface area contributed by atoms with Crippen LogP contribution in [0.1, 0.15) is 17.4 Å². The number of hydrogen-bond acceptors (Lipinski definition) is 7. The highest BCUT2D eigenvalue weighted by Gasteiger charge is 2.30. The normalized spacial score (nSPS) is 18.2. The van der Waals surface area contributed by atoms with Crippen LogP contribution in [0.4, 0.5) is 5.82 Å². The molecule has 1 aliphatic heterocycles. The number of piperazine rings is 1. The second-order valence-electron chi connectivity index (χ2n) is 6.68. The van der Waals surface area contributed by atoms with Gasteiger partial charge in [-0.15, -0.1) is 10.2 Å². The maximum atomic E-state index is 8.97. The van der Waals surface area contributed by atoms with Crippen molar-refractivity contribution in [3.63, 3.8) is 0 Å². The molecule has 134 valence electrons. The van der Waals surface area contributed by atoms with Crippen molar-refractivity contribution in [2.75, 3.05) is 31.6 Å². The summed E-state index contributed by atoms with van der Waals surface area (Å²) in [6.07, 6.45) is 5.22. The number of likely N-dealkylation sites (N-methyl/N-ethyl adjacent to an activating group) is 1. The Labute approximate surface area is 154 Å². The van der Waals surface area contributed by atoms with E-state index in [0.29, 0.717) is 5.56 Å². The Morgan fingerprint density at radius 1 is 1.15 bits per heavy atom. The van der Waals surface area contributed by atoms with Crippen molar-refractivity contribution in [2.45, 2.75) is 6.04 Å². The van der Waals surface area contributed by atoms with Gasteiger partial charge in [-0.2, -0.15) is 5.26 Å². The summed E-state index contributed by atoms with van der Waals surface area (Å²) in [6.45, 7) is 2.48. The van der Waals surface area contributed by atoms with E-state index in [1.165, 1.54) is 0 Å². The van der Waals surface area contributed by atoms with Gasteiger partial charge in [-0.1, -0.05) is 0 Å². The number of hydrogen-bond donors (Lipinski definition) is 1. The molecule has 27 heavy (non-hydrogen) atoms. The highest BCUT2D eigenvalue weighted by atomic mass is 15.3. The molecule has 4 aromatic rings. The Balaban J connectivity index is 1.54. The monoisotopic (exact) mass is 359 g/mol. The van der Waals surface area contributed by atoms with E-state index in [-0.39, 0.29) is 6.04 Å². The van der Waals surface area contributed by atoms with Gasteiger partial charge in [0, 0.05) is 32.0 Å². The predicted molar refractivity (Wildman–Crippen MR) is 99.2 cm³/mol. The first kappa shape index (κ1) is 15.7. The van der Waals surface area contributed by atoms with Crippen molar-refractivity contribution in [1.29, 1.82) is 5.26 Å². The third-order valence-corrected chi connectivity index (χ3v) is 5.11. The van der Waals surface area contributed by atoms with Crippen LogP contribution < -0.4 is 4.90 Å². The molecule has 0 spiro atoms. The number of nitrogens with zero attached hydrogens (tertiary/aromatic N) is 8. The molecule has 9 heteroatoms. The van der Waals surface area contributed by atoms with Crippen LogP contribution in [0.25, 0.3) is 16.8 Å². The summed E-state index contributed by atoms with van der Waals surface area (Å²) in [5, 5.41) is 17.8. The summed E-state index contributed by atoms with van der Waals surface area (Å²) < 4.78 is 2.07. The van der Waals surface area contributed by atoms with Gasteiger partial charge in [-0.3, -0.25) is 9.30 Å². The van der Waals surface area contributed by atoms with Crippen LogP contribution in [0, 0.1) is 11.3 Å². The summed E-state index contributed by atoms with van der Waals surface area (Å²) in [5.74, 6) is 1.76. The van der Waals surface area contributed by atoms with E-state index in [1.807, 2.05) is 18.3 Å². The summed E-state index contributed by atoms with van der Waals surface area (Å²) in [6, 6.07) is 7.87. The van der Waals surface area contributed by atoms with Gasteiger partial charge in [0.15, 0.2) is 17.1 Å². The number of nitrogens with one attached hydrogen (secondary N) is 1. The number of fused-ring (bicyclic) bond motifs is 3. The maximum absolute atomic E-state index is 8.97. The van der Waals surface area contributed by atoms with E-state index >= 15 is 0 Å². The van der Waals surface area contributed by atoms with Gasteiger partial charge in [0.2, 0.25) is 0 Å². The van der Waals surface area contributed by atoms with Crippen molar-refractivity contribution in [1.82, 2.24) is 34.4 Å². The van der Waals surface area contributed by atoms with E-state index in [4.69, 9.17) is 5.26 Å². The van der Waals surface area contributed by atoms with Gasteiger partial charge in [0.1, 0.15) is 11.9 Å². The molecule has 0 aliphatic carbocycles. The summed E-state index contributed by atoms with van der Waals surface area (Å²) in [4.78, 5) is 16.5. The fourth-order valence-electron chi connectivity index (χ4n) is 3.61. The largest absolute Gasteiger partial charge is 0.353 e. The average Bonchev–Trinajstić information content (AvgIpc) is 3.35. The van der Waals surface area contributed by atoms with Crippen LogP contribution in [-0.2, 0) is 0 Å². The van der Waals surface area contributed by atoms with E-state index in [2.05, 4.69) is 52.5 Å². The lowest BCUT2D eigenvalue weighted by Crippen LogP contribution is -2.47. The van der Waals surface area contributed by atoms with Gasteiger partial charge in [0.25, 0.3) is 0 Å². The first-order valence-corrected chi connectivity index (χ1v) is 8.73. The Morgan fingerprint density at radius 3 is 2.89 bits per heavy atom. The Hall–Kier alpha value is -3.51. The molecule has 1 N–H and O–H groups in total. The minimum Gasteiger partial charge on any atom is -0.353 e. The fourth-order valence-corrected chi connectivity index (χ4v) is 3.61. The minimum atomic E-state index is 0.0618. The third-order valence-electron chi connectivity index (χ3n) is 5.11. The van der Waals surface area contributed by atoms with Crippen molar-refractivity contribution in [2.24, 2.45) is 0 Å². The zero-order chi connectivity index (χ0) is 18.4. The highest BCUT2D eigenvalue weighted by molar-refractivity contribution is 5.74. The van der Waals surface area contributed by atoms with E-state index in [9.17, 15) is 0 Å². The first-order valence-electron chi connectivity index (χ1n) is 8.73. The van der Waals surface area contributed by atoms with E-state index < -0.39 is 0 Å². The lowest BCUT2D eigenvalue weighted by atomic mass is 10.1. The van der Waals surface area contributed by atoms with Gasteiger partial charge in [0.05, 0.1) is 23.3 Å². The van der Waals surface area contributed by atoms with Crippen molar-refractivity contribution < 1.29 is 0 Å². The van der Waals surface area contributed by atoms with E-state index in [1.54, 1.807) is 18.5 Å². The highest BCUT2D eigenvalue weighted by Crippen LogP contribution is 2.27. The summed E-state index contributed by atoms with van der Waals surface area (Å²) in [7, 11) is 2.10. The quantitative estimate of drug-likeness (QED) is 0.576. The molecule has 5 rings (SSSR count). The number of aromatic amines is 1. The van der Waals surface area contributed by atoms with Gasteiger partial charge in [-0.05, 0) is 25.2 Å². The SMILES string of the molecule is CN1CCN(c2ccc(C#N)cn2)C[C@@H]1c1nnc2cnc3[nH]ccc3n12. The molecule has 1 saturated heterocycles. The van der Waals surface area contributed by atoms with Crippen molar-refractivity contribution >= 4 is 22.6 Å². The first-order chi connectivity index (χ1) is 13.2. The number of aromatic nitrogens is 6. The van der Waals surface area contributed by atoms with Crippen molar-refractivity contribution in [3.8, 4) is 6.07 Å². The Bertz CT molecular complexity index is 1150. The predicted octanol–water partition coefficient (Wildman–Crippen LogP) is 1.37. The molecule has 5 heterocycles. The molecular weight excluding hydrogens is 342 g/mol. The van der Waals surface area contributed by atoms with Crippen LogP contribution >= 0.6 is 0 Å². The number of pyridine rings is 1. The van der Waals surface area contributed by atoms with Crippen LogP contribution in [0.3, 0.4) is 0 Å². The van der Waals surface area contributed by atoms with Crippen molar-refractivity contribution in [3.05, 3.63) is 48.2 Å². The van der Waals surface area contributed by atoms with Gasteiger partial charge < -0.3 is 9.88 Å². The number of anilines is 1. The number of rotatable bonds is 2. The zero-order valence-electron chi connectivity index (χ0n) is 14.7. The number of H-pyrrole nitrogens is 1. The Kier molecular flexibility index (Phi) is 3.51. The van der Waals surface area contributed by atoms with Crippen LogP contribution in [0.2, 0.25) is 0 Å². The summed E-state index contributed by atoms with van der Waals surface area (Å²) in [5.41, 5.74) is 3.08. The lowest BCUT2D eigenvalue weighted by molar-refractivity contribution is 0.211. The molecular formula is C18H17N9. The molecule has 4 aromatic heterocycles. The second-order valence-corrected chi connectivity index (χ2v) is 6.68. The maximum Gasteiger partial charge on any atom is 0.180 e. The third kappa shape index (κ3) is 2.50. The van der Waals surface area contributed by atoms with Crippen LogP contribution in [0.5, 0.6) is 0 Å². The average molecular weight is 359 g/mol. The number of nitriles is 1. The molecule has 0 aromatic carbocycles. The molecule has 1 atom stereocenters. The standard InChI is InChI=1S/C18H17N9/c1-25-6-7-26(15-3-2-12(8-19)9-21-15)11-14(25)18-24-23-16-10-22-17-13(27(16)18)4-5-20-17/h2-5,9-10,14,20H,6-7,11H2,1H3/t14-/m1/s1. The molecule has 9 nitrogen and oxygen atoms in total. The minimum absolute atomic E-state index is 0.0618. The molecule has 1 aliphatic rings. The summed E-state index contributed by atoms with van der Waals surface area (Å²) >= 11 is 0.